The summed E-state index contributed by atoms with van der Waals surface area (Å²) in [5, 5.41) is 2.80. The van der Waals surface area contributed by atoms with E-state index in [9.17, 15) is 18.0 Å². The fourth-order valence-corrected chi connectivity index (χ4v) is 2.46. The lowest BCUT2D eigenvalue weighted by atomic mass is 10.0. The number of hydrogen-bond donors (Lipinski definition) is 1. The Bertz CT molecular complexity index is 739. The highest BCUT2D eigenvalue weighted by Crippen LogP contribution is 2.29. The van der Waals surface area contributed by atoms with E-state index in [0.29, 0.717) is 12.4 Å². The minimum absolute atomic E-state index is 0.172. The van der Waals surface area contributed by atoms with Gasteiger partial charge in [0, 0.05) is 11.1 Å². The van der Waals surface area contributed by atoms with Crippen molar-refractivity contribution >= 4 is 5.91 Å². The fourth-order valence-electron chi connectivity index (χ4n) is 2.46. The van der Waals surface area contributed by atoms with Gasteiger partial charge in [0.2, 0.25) is 0 Å². The van der Waals surface area contributed by atoms with Gasteiger partial charge in [0.15, 0.2) is 0 Å². The summed E-state index contributed by atoms with van der Waals surface area (Å²) in [5.74, 6) is 0.235. The van der Waals surface area contributed by atoms with Crippen LogP contribution in [0.3, 0.4) is 0 Å². The van der Waals surface area contributed by atoms with E-state index >= 15 is 0 Å². The third-order valence-electron chi connectivity index (χ3n) is 3.75. The highest BCUT2D eigenvalue weighted by atomic mass is 19.4. The first kappa shape index (κ1) is 18.8. The van der Waals surface area contributed by atoms with E-state index in [1.807, 2.05) is 32.0 Å². The van der Waals surface area contributed by atoms with E-state index in [4.69, 9.17) is 4.74 Å². The molecule has 0 saturated heterocycles. The standard InChI is InChI=1S/C19H20F3NO2/c1-4-25-17-10-5-12(2)11-16(17)13(3)23-18(24)14-6-8-15(9-7-14)19(20,21)22/h5-11,13H,4H2,1-3H3,(H,23,24). The average molecular weight is 351 g/mol. The Hall–Kier alpha value is -2.50. The van der Waals surface area contributed by atoms with Crippen LogP contribution < -0.4 is 10.1 Å². The van der Waals surface area contributed by atoms with Crippen LogP contribution in [0.1, 0.15) is 46.9 Å². The third-order valence-corrected chi connectivity index (χ3v) is 3.75. The molecule has 0 radical (unpaired) electrons. The number of rotatable bonds is 5. The highest BCUT2D eigenvalue weighted by Gasteiger charge is 2.30. The van der Waals surface area contributed by atoms with E-state index in [1.54, 1.807) is 6.92 Å². The van der Waals surface area contributed by atoms with E-state index < -0.39 is 17.6 Å². The smallest absolute Gasteiger partial charge is 0.416 e. The molecule has 2 aromatic rings. The second-order valence-electron chi connectivity index (χ2n) is 5.74. The number of amides is 1. The maximum Gasteiger partial charge on any atom is 0.416 e. The molecule has 2 rings (SSSR count). The molecule has 1 atom stereocenters. The summed E-state index contributed by atoms with van der Waals surface area (Å²) in [4.78, 5) is 12.3. The molecule has 0 fully saturated rings. The van der Waals surface area contributed by atoms with Crippen LogP contribution in [0.5, 0.6) is 5.75 Å². The van der Waals surface area contributed by atoms with E-state index in [2.05, 4.69) is 5.32 Å². The van der Waals surface area contributed by atoms with Crippen LogP contribution in [0.4, 0.5) is 13.2 Å². The normalized spacial score (nSPS) is 12.6. The molecule has 6 heteroatoms. The van der Waals surface area contributed by atoms with Crippen molar-refractivity contribution in [2.45, 2.75) is 33.0 Å². The lowest BCUT2D eigenvalue weighted by molar-refractivity contribution is -0.137. The van der Waals surface area contributed by atoms with Gasteiger partial charge in [-0.1, -0.05) is 17.7 Å². The number of halogens is 3. The van der Waals surface area contributed by atoms with Gasteiger partial charge in [0.1, 0.15) is 5.75 Å². The Labute approximate surface area is 144 Å². The number of aryl methyl sites for hydroxylation is 1. The molecule has 0 saturated carbocycles. The van der Waals surface area contributed by atoms with Crippen molar-refractivity contribution in [3.63, 3.8) is 0 Å². The molecule has 0 aliphatic carbocycles. The summed E-state index contributed by atoms with van der Waals surface area (Å²) in [5.41, 5.74) is 1.23. The van der Waals surface area contributed by atoms with Gasteiger partial charge in [0.05, 0.1) is 18.2 Å². The molecular formula is C19H20F3NO2. The number of carbonyl (C=O) groups excluding carboxylic acids is 1. The Morgan fingerprint density at radius 3 is 2.36 bits per heavy atom. The zero-order valence-electron chi connectivity index (χ0n) is 14.3. The molecule has 1 amide bonds. The highest BCUT2D eigenvalue weighted by molar-refractivity contribution is 5.94. The second kappa shape index (κ2) is 7.59. The molecule has 0 aliphatic heterocycles. The third kappa shape index (κ3) is 4.75. The van der Waals surface area contributed by atoms with E-state index in [1.165, 1.54) is 12.1 Å². The van der Waals surface area contributed by atoms with Crippen molar-refractivity contribution in [3.05, 3.63) is 64.7 Å². The predicted octanol–water partition coefficient (Wildman–Crippen LogP) is 4.90. The van der Waals surface area contributed by atoms with Crippen LogP contribution in [0.2, 0.25) is 0 Å². The first-order valence-corrected chi connectivity index (χ1v) is 7.94. The minimum Gasteiger partial charge on any atom is -0.494 e. The minimum atomic E-state index is -4.42. The van der Waals surface area contributed by atoms with Crippen LogP contribution in [0.15, 0.2) is 42.5 Å². The lowest BCUT2D eigenvalue weighted by Gasteiger charge is -2.19. The van der Waals surface area contributed by atoms with Crippen LogP contribution in [0, 0.1) is 6.92 Å². The maximum absolute atomic E-state index is 12.6. The van der Waals surface area contributed by atoms with Gasteiger partial charge in [-0.25, -0.2) is 0 Å². The van der Waals surface area contributed by atoms with E-state index in [0.717, 1.165) is 23.3 Å². The van der Waals surface area contributed by atoms with Gasteiger partial charge in [-0.2, -0.15) is 13.2 Å². The lowest BCUT2D eigenvalue weighted by Crippen LogP contribution is -2.27. The Balaban J connectivity index is 2.16. The number of carbonyl (C=O) groups is 1. The van der Waals surface area contributed by atoms with Gasteiger partial charge in [-0.3, -0.25) is 4.79 Å². The van der Waals surface area contributed by atoms with Gasteiger partial charge in [-0.15, -0.1) is 0 Å². The summed E-state index contributed by atoms with van der Waals surface area (Å²) in [7, 11) is 0. The maximum atomic E-state index is 12.6. The van der Waals surface area contributed by atoms with Crippen molar-refractivity contribution < 1.29 is 22.7 Å². The van der Waals surface area contributed by atoms with E-state index in [-0.39, 0.29) is 11.6 Å². The topological polar surface area (TPSA) is 38.3 Å². The van der Waals surface area contributed by atoms with Crippen molar-refractivity contribution in [2.75, 3.05) is 6.61 Å². The molecule has 0 aromatic heterocycles. The monoisotopic (exact) mass is 351 g/mol. The zero-order chi connectivity index (χ0) is 18.6. The number of nitrogens with one attached hydrogen (secondary N) is 1. The number of alkyl halides is 3. The molecule has 2 aromatic carbocycles. The first-order valence-electron chi connectivity index (χ1n) is 7.94. The molecule has 3 nitrogen and oxygen atoms in total. The molecule has 1 N–H and O–H groups in total. The van der Waals surface area contributed by atoms with Crippen LogP contribution in [-0.2, 0) is 6.18 Å². The summed E-state index contributed by atoms with van der Waals surface area (Å²) < 4.78 is 43.4. The number of hydrogen-bond acceptors (Lipinski definition) is 2. The fraction of sp³-hybridized carbons (Fsp3) is 0.316. The Morgan fingerprint density at radius 1 is 1.16 bits per heavy atom. The van der Waals surface area contributed by atoms with Gasteiger partial charge in [0.25, 0.3) is 5.91 Å². The number of benzene rings is 2. The summed E-state index contributed by atoms with van der Waals surface area (Å²) in [6.45, 7) is 6.10. The largest absolute Gasteiger partial charge is 0.494 e. The van der Waals surface area contributed by atoms with Gasteiger partial charge < -0.3 is 10.1 Å². The molecule has 0 aliphatic rings. The van der Waals surface area contributed by atoms with Gasteiger partial charge in [-0.05, 0) is 51.1 Å². The number of ether oxygens (including phenoxy) is 1. The van der Waals surface area contributed by atoms with Crippen LogP contribution >= 0.6 is 0 Å². The SMILES string of the molecule is CCOc1ccc(C)cc1C(C)NC(=O)c1ccc(C(F)(F)F)cc1. The summed E-state index contributed by atoms with van der Waals surface area (Å²) >= 11 is 0. The Kier molecular flexibility index (Phi) is 5.72. The predicted molar refractivity (Wildman–Crippen MR) is 89.7 cm³/mol. The molecule has 134 valence electrons. The Morgan fingerprint density at radius 2 is 1.80 bits per heavy atom. The summed E-state index contributed by atoms with van der Waals surface area (Å²) in [6.07, 6.45) is -4.42. The molecule has 1 unspecified atom stereocenters. The van der Waals surface area contributed by atoms with Crippen molar-refractivity contribution in [3.8, 4) is 5.75 Å². The molecule has 25 heavy (non-hydrogen) atoms. The molecule has 0 bridgehead atoms. The van der Waals surface area contributed by atoms with Crippen molar-refractivity contribution in [2.24, 2.45) is 0 Å². The van der Waals surface area contributed by atoms with Crippen molar-refractivity contribution in [1.29, 1.82) is 0 Å². The summed E-state index contributed by atoms with van der Waals surface area (Å²) in [6, 6.07) is 9.47. The quantitative estimate of drug-likeness (QED) is 0.832. The molecule has 0 heterocycles. The average Bonchev–Trinajstić information content (AvgIpc) is 2.56. The van der Waals surface area contributed by atoms with Crippen LogP contribution in [0.25, 0.3) is 0 Å². The molecular weight excluding hydrogens is 331 g/mol. The van der Waals surface area contributed by atoms with Gasteiger partial charge >= 0.3 is 6.18 Å². The van der Waals surface area contributed by atoms with Crippen molar-refractivity contribution in [1.82, 2.24) is 5.32 Å². The first-order chi connectivity index (χ1) is 11.7. The molecule has 0 spiro atoms. The van der Waals surface area contributed by atoms with Crippen LogP contribution in [-0.4, -0.2) is 12.5 Å². The second-order valence-corrected chi connectivity index (χ2v) is 5.74. The zero-order valence-corrected chi connectivity index (χ0v) is 14.3.